The summed E-state index contributed by atoms with van der Waals surface area (Å²) in [6.45, 7) is 3.96. The molecular weight excluding hydrogens is 312 g/mol. The van der Waals surface area contributed by atoms with E-state index >= 15 is 0 Å². The molecule has 0 amide bonds. The SMILES string of the molecule is C[C@H]1CN(S(C)(=O)=O)CC[C@@H]1NCc1nc2ccccc2n1C. The van der Waals surface area contributed by atoms with Gasteiger partial charge < -0.3 is 9.88 Å². The molecule has 1 fully saturated rings. The Morgan fingerprint density at radius 2 is 2.09 bits per heavy atom. The summed E-state index contributed by atoms with van der Waals surface area (Å²) in [5.74, 6) is 1.29. The Morgan fingerprint density at radius 1 is 1.35 bits per heavy atom. The lowest BCUT2D eigenvalue weighted by Crippen LogP contribution is -2.49. The maximum Gasteiger partial charge on any atom is 0.211 e. The maximum atomic E-state index is 11.7. The normalized spacial score (nSPS) is 23.4. The zero-order valence-corrected chi connectivity index (χ0v) is 14.7. The molecule has 2 atom stereocenters. The molecule has 1 aliphatic heterocycles. The fourth-order valence-electron chi connectivity index (χ4n) is 3.29. The van der Waals surface area contributed by atoms with Crippen LogP contribution in [-0.4, -0.2) is 47.7 Å². The topological polar surface area (TPSA) is 67.2 Å². The molecule has 1 N–H and O–H groups in total. The Labute approximate surface area is 137 Å². The van der Waals surface area contributed by atoms with Crippen molar-refractivity contribution in [3.63, 3.8) is 0 Å². The van der Waals surface area contributed by atoms with Gasteiger partial charge in [-0.15, -0.1) is 0 Å². The lowest BCUT2D eigenvalue weighted by atomic mass is 9.95. The van der Waals surface area contributed by atoms with Crippen molar-refractivity contribution in [3.05, 3.63) is 30.1 Å². The summed E-state index contributed by atoms with van der Waals surface area (Å²) >= 11 is 0. The predicted octanol–water partition coefficient (Wildman–Crippen LogP) is 1.33. The van der Waals surface area contributed by atoms with Crippen LogP contribution in [0.2, 0.25) is 0 Å². The van der Waals surface area contributed by atoms with Crippen LogP contribution in [0.3, 0.4) is 0 Å². The molecule has 1 aliphatic rings. The summed E-state index contributed by atoms with van der Waals surface area (Å²) in [5, 5.41) is 3.56. The van der Waals surface area contributed by atoms with E-state index in [0.717, 1.165) is 23.3 Å². The van der Waals surface area contributed by atoms with Crippen LogP contribution in [-0.2, 0) is 23.6 Å². The second-order valence-corrected chi connectivity index (χ2v) is 8.43. The number of rotatable bonds is 4. The van der Waals surface area contributed by atoms with Crippen molar-refractivity contribution in [3.8, 4) is 0 Å². The molecule has 126 valence electrons. The van der Waals surface area contributed by atoms with Crippen molar-refractivity contribution in [2.45, 2.75) is 25.9 Å². The molecule has 1 aromatic carbocycles. The fourth-order valence-corrected chi connectivity index (χ4v) is 4.23. The first-order chi connectivity index (χ1) is 10.9. The maximum absolute atomic E-state index is 11.7. The van der Waals surface area contributed by atoms with Crippen LogP contribution in [0.15, 0.2) is 24.3 Å². The molecule has 2 heterocycles. The van der Waals surface area contributed by atoms with Crippen LogP contribution in [0.4, 0.5) is 0 Å². The second kappa shape index (κ2) is 6.22. The van der Waals surface area contributed by atoms with E-state index in [4.69, 9.17) is 0 Å². The quantitative estimate of drug-likeness (QED) is 0.915. The predicted molar refractivity (Wildman–Crippen MR) is 91.5 cm³/mol. The van der Waals surface area contributed by atoms with E-state index in [9.17, 15) is 8.42 Å². The summed E-state index contributed by atoms with van der Waals surface area (Å²) in [6.07, 6.45) is 2.12. The van der Waals surface area contributed by atoms with Crippen LogP contribution in [0.5, 0.6) is 0 Å². The Hall–Kier alpha value is -1.44. The molecule has 0 saturated carbocycles. The van der Waals surface area contributed by atoms with Gasteiger partial charge in [0.1, 0.15) is 5.82 Å². The number of fused-ring (bicyclic) bond motifs is 1. The van der Waals surface area contributed by atoms with E-state index in [0.29, 0.717) is 25.7 Å². The minimum Gasteiger partial charge on any atom is -0.330 e. The molecular formula is C16H24N4O2S. The van der Waals surface area contributed by atoms with Gasteiger partial charge >= 0.3 is 0 Å². The van der Waals surface area contributed by atoms with E-state index in [1.54, 1.807) is 4.31 Å². The van der Waals surface area contributed by atoms with Gasteiger partial charge in [-0.3, -0.25) is 0 Å². The molecule has 0 unspecified atom stereocenters. The zero-order valence-electron chi connectivity index (χ0n) is 13.9. The van der Waals surface area contributed by atoms with Gasteiger partial charge in [0.2, 0.25) is 10.0 Å². The van der Waals surface area contributed by atoms with Gasteiger partial charge in [-0.05, 0) is 24.5 Å². The molecule has 2 aromatic rings. The highest BCUT2D eigenvalue weighted by atomic mass is 32.2. The fraction of sp³-hybridized carbons (Fsp3) is 0.562. The Bertz CT molecular complexity index is 800. The number of piperidine rings is 1. The van der Waals surface area contributed by atoms with Gasteiger partial charge in [-0.2, -0.15) is 0 Å². The number of aromatic nitrogens is 2. The lowest BCUT2D eigenvalue weighted by Gasteiger charge is -2.36. The van der Waals surface area contributed by atoms with Crippen LogP contribution in [0.25, 0.3) is 11.0 Å². The Balaban J connectivity index is 1.65. The second-order valence-electron chi connectivity index (χ2n) is 6.45. The van der Waals surface area contributed by atoms with E-state index in [-0.39, 0.29) is 5.92 Å². The first-order valence-electron chi connectivity index (χ1n) is 7.95. The van der Waals surface area contributed by atoms with Crippen molar-refractivity contribution >= 4 is 21.1 Å². The Kier molecular flexibility index (Phi) is 4.44. The molecule has 3 rings (SSSR count). The highest BCUT2D eigenvalue weighted by Crippen LogP contribution is 2.20. The number of aryl methyl sites for hydroxylation is 1. The van der Waals surface area contributed by atoms with E-state index in [2.05, 4.69) is 27.9 Å². The van der Waals surface area contributed by atoms with Gasteiger partial charge in [0, 0.05) is 26.2 Å². The first kappa shape index (κ1) is 16.4. The highest BCUT2D eigenvalue weighted by molar-refractivity contribution is 7.88. The number of nitrogens with zero attached hydrogens (tertiary/aromatic N) is 3. The first-order valence-corrected chi connectivity index (χ1v) is 9.80. The molecule has 0 aliphatic carbocycles. The minimum atomic E-state index is -3.08. The van der Waals surface area contributed by atoms with Crippen LogP contribution in [0, 0.1) is 5.92 Å². The van der Waals surface area contributed by atoms with E-state index < -0.39 is 10.0 Å². The molecule has 0 spiro atoms. The summed E-state index contributed by atoms with van der Waals surface area (Å²) < 4.78 is 27.0. The largest absolute Gasteiger partial charge is 0.330 e. The number of hydrogen-bond acceptors (Lipinski definition) is 4. The minimum absolute atomic E-state index is 0.285. The van der Waals surface area contributed by atoms with Crippen molar-refractivity contribution in [2.75, 3.05) is 19.3 Å². The van der Waals surface area contributed by atoms with Gasteiger partial charge in [0.25, 0.3) is 0 Å². The van der Waals surface area contributed by atoms with Crippen molar-refractivity contribution in [1.82, 2.24) is 19.2 Å². The van der Waals surface area contributed by atoms with Crippen molar-refractivity contribution in [1.29, 1.82) is 0 Å². The number of nitrogens with one attached hydrogen (secondary N) is 1. The molecule has 1 saturated heterocycles. The average molecular weight is 336 g/mol. The van der Waals surface area contributed by atoms with Crippen LogP contribution >= 0.6 is 0 Å². The van der Waals surface area contributed by atoms with E-state index in [1.807, 2.05) is 25.2 Å². The standard InChI is InChI=1S/C16H24N4O2S/c1-12-11-20(23(3,21)22)9-8-13(12)17-10-16-18-14-6-4-5-7-15(14)19(16)2/h4-7,12-13,17H,8-11H2,1-3H3/t12-,13-/m0/s1. The molecule has 1 aromatic heterocycles. The summed E-state index contributed by atoms with van der Waals surface area (Å²) in [6, 6.07) is 8.41. The lowest BCUT2D eigenvalue weighted by molar-refractivity contribution is 0.219. The smallest absolute Gasteiger partial charge is 0.211 e. The third-order valence-electron chi connectivity index (χ3n) is 4.74. The third-order valence-corrected chi connectivity index (χ3v) is 6.01. The highest BCUT2D eigenvalue weighted by Gasteiger charge is 2.30. The monoisotopic (exact) mass is 336 g/mol. The summed E-state index contributed by atoms with van der Waals surface area (Å²) in [4.78, 5) is 4.67. The molecule has 7 heteroatoms. The number of para-hydroxylation sites is 2. The number of benzene rings is 1. The Morgan fingerprint density at radius 3 is 2.74 bits per heavy atom. The van der Waals surface area contributed by atoms with Gasteiger partial charge in [-0.25, -0.2) is 17.7 Å². The van der Waals surface area contributed by atoms with Crippen LogP contribution in [0.1, 0.15) is 19.2 Å². The van der Waals surface area contributed by atoms with Crippen LogP contribution < -0.4 is 5.32 Å². The molecule has 6 nitrogen and oxygen atoms in total. The third kappa shape index (κ3) is 3.41. The summed E-state index contributed by atoms with van der Waals surface area (Å²) in [7, 11) is -1.05. The number of hydrogen-bond donors (Lipinski definition) is 1. The van der Waals surface area contributed by atoms with Gasteiger partial charge in [0.05, 0.1) is 23.8 Å². The molecule has 0 radical (unpaired) electrons. The number of imidazole rings is 1. The summed E-state index contributed by atoms with van der Waals surface area (Å²) in [5.41, 5.74) is 2.14. The number of sulfonamides is 1. The average Bonchev–Trinajstić information content (AvgIpc) is 2.82. The molecule has 0 bridgehead atoms. The van der Waals surface area contributed by atoms with Crippen molar-refractivity contribution in [2.24, 2.45) is 13.0 Å². The van der Waals surface area contributed by atoms with Gasteiger partial charge in [-0.1, -0.05) is 19.1 Å². The van der Waals surface area contributed by atoms with E-state index in [1.165, 1.54) is 6.26 Å². The van der Waals surface area contributed by atoms with Crippen molar-refractivity contribution < 1.29 is 8.42 Å². The zero-order chi connectivity index (χ0) is 16.6. The van der Waals surface area contributed by atoms with Gasteiger partial charge in [0.15, 0.2) is 0 Å². The molecule has 23 heavy (non-hydrogen) atoms.